The minimum absolute atomic E-state index is 0.437. The van der Waals surface area contributed by atoms with Crippen LogP contribution in [0.1, 0.15) is 30.5 Å². The first-order valence-corrected chi connectivity index (χ1v) is 6.36. The van der Waals surface area contributed by atoms with E-state index in [2.05, 4.69) is 52.4 Å². The molecule has 0 saturated heterocycles. The molecule has 0 spiro atoms. The molecule has 0 radical (unpaired) electrons. The van der Waals surface area contributed by atoms with Gasteiger partial charge in [-0.05, 0) is 32.2 Å². The van der Waals surface area contributed by atoms with Gasteiger partial charge in [0.1, 0.15) is 0 Å². The zero-order valence-corrected chi connectivity index (χ0v) is 10.7. The first-order valence-electron chi connectivity index (χ1n) is 5.48. The number of nitrogens with one attached hydrogen (secondary N) is 1. The number of thiophene rings is 1. The molecule has 86 valence electrons. The van der Waals surface area contributed by atoms with E-state index in [0.717, 1.165) is 18.2 Å². The highest BCUT2D eigenvalue weighted by Gasteiger charge is 2.07. The summed E-state index contributed by atoms with van der Waals surface area (Å²) in [6.07, 6.45) is 2.08. The molecule has 16 heavy (non-hydrogen) atoms. The lowest BCUT2D eigenvalue weighted by molar-refractivity contribution is 0.604. The molecule has 2 heterocycles. The zero-order chi connectivity index (χ0) is 11.5. The Hall–Kier alpha value is -1.29. The van der Waals surface area contributed by atoms with Crippen molar-refractivity contribution < 1.29 is 0 Å². The molecule has 0 aliphatic rings. The third-order valence-corrected chi connectivity index (χ3v) is 3.29. The van der Waals surface area contributed by atoms with E-state index in [0.29, 0.717) is 6.04 Å². The molecule has 0 saturated carbocycles. The predicted octanol–water partition coefficient (Wildman–Crippen LogP) is 3.45. The summed E-state index contributed by atoms with van der Waals surface area (Å²) in [6.45, 7) is 7.20. The summed E-state index contributed by atoms with van der Waals surface area (Å²) in [5.74, 6) is 0.959. The number of imidazole rings is 1. The molecular weight excluding hydrogens is 218 g/mol. The summed E-state index contributed by atoms with van der Waals surface area (Å²) in [6, 6.07) is 4.64. The lowest BCUT2D eigenvalue weighted by Crippen LogP contribution is -2.08. The molecule has 0 amide bonds. The van der Waals surface area contributed by atoms with Gasteiger partial charge in [0.15, 0.2) is 0 Å². The van der Waals surface area contributed by atoms with Gasteiger partial charge in [-0.2, -0.15) is 0 Å². The van der Waals surface area contributed by atoms with Crippen LogP contribution >= 0.6 is 11.3 Å². The maximum atomic E-state index is 4.49. The molecule has 1 N–H and O–H groups in total. The number of anilines is 1. The summed E-state index contributed by atoms with van der Waals surface area (Å²) in [5.41, 5.74) is 1.06. The molecule has 0 aliphatic carbocycles. The highest BCUT2D eigenvalue weighted by molar-refractivity contribution is 7.09. The van der Waals surface area contributed by atoms with E-state index in [-0.39, 0.29) is 0 Å². The highest BCUT2D eigenvalue weighted by atomic mass is 32.1. The fraction of sp³-hybridized carbons (Fsp3) is 0.417. The molecule has 0 aliphatic heterocycles. The Kier molecular flexibility index (Phi) is 3.29. The number of hydrogen-bond donors (Lipinski definition) is 1. The Morgan fingerprint density at radius 3 is 2.94 bits per heavy atom. The van der Waals surface area contributed by atoms with Gasteiger partial charge in [-0.15, -0.1) is 11.3 Å². The molecule has 0 bridgehead atoms. The minimum atomic E-state index is 0.437. The van der Waals surface area contributed by atoms with Crippen LogP contribution in [0.15, 0.2) is 23.7 Å². The SMILES string of the molecule is Cc1cn(C(C)C)c(NCc2cccs2)n1. The summed E-state index contributed by atoms with van der Waals surface area (Å²) in [7, 11) is 0. The first kappa shape index (κ1) is 11.2. The van der Waals surface area contributed by atoms with Crippen LogP contribution in [-0.2, 0) is 6.54 Å². The van der Waals surface area contributed by atoms with Gasteiger partial charge in [0.2, 0.25) is 5.95 Å². The average Bonchev–Trinajstić information content (AvgIpc) is 2.83. The number of aryl methyl sites for hydroxylation is 1. The summed E-state index contributed by atoms with van der Waals surface area (Å²) in [4.78, 5) is 5.82. The quantitative estimate of drug-likeness (QED) is 0.879. The molecule has 2 aromatic heterocycles. The van der Waals surface area contributed by atoms with Crippen LogP contribution in [0, 0.1) is 6.92 Å². The number of nitrogens with zero attached hydrogens (tertiary/aromatic N) is 2. The summed E-state index contributed by atoms with van der Waals surface area (Å²) in [5, 5.41) is 5.47. The van der Waals surface area contributed by atoms with Crippen molar-refractivity contribution in [3.05, 3.63) is 34.3 Å². The van der Waals surface area contributed by atoms with E-state index in [9.17, 15) is 0 Å². The Balaban J connectivity index is 2.09. The van der Waals surface area contributed by atoms with Gasteiger partial charge in [-0.1, -0.05) is 6.07 Å². The molecule has 0 fully saturated rings. The fourth-order valence-electron chi connectivity index (χ4n) is 1.62. The van der Waals surface area contributed by atoms with Gasteiger partial charge in [0.05, 0.1) is 12.2 Å². The molecule has 0 aromatic carbocycles. The van der Waals surface area contributed by atoms with E-state index in [1.54, 1.807) is 11.3 Å². The summed E-state index contributed by atoms with van der Waals surface area (Å²) < 4.78 is 2.17. The van der Waals surface area contributed by atoms with Crippen molar-refractivity contribution in [3.8, 4) is 0 Å². The Bertz CT molecular complexity index is 443. The first-order chi connectivity index (χ1) is 7.66. The van der Waals surface area contributed by atoms with Crippen LogP contribution in [0.4, 0.5) is 5.95 Å². The van der Waals surface area contributed by atoms with Crippen molar-refractivity contribution >= 4 is 17.3 Å². The van der Waals surface area contributed by atoms with Crippen LogP contribution in [0.25, 0.3) is 0 Å². The van der Waals surface area contributed by atoms with E-state index in [1.165, 1.54) is 4.88 Å². The Labute approximate surface area is 100 Å². The van der Waals surface area contributed by atoms with E-state index in [1.807, 2.05) is 6.92 Å². The maximum Gasteiger partial charge on any atom is 0.203 e. The van der Waals surface area contributed by atoms with Gasteiger partial charge in [-0.25, -0.2) is 4.98 Å². The smallest absolute Gasteiger partial charge is 0.203 e. The van der Waals surface area contributed by atoms with Crippen molar-refractivity contribution in [2.24, 2.45) is 0 Å². The second-order valence-corrected chi connectivity index (χ2v) is 5.17. The van der Waals surface area contributed by atoms with E-state index in [4.69, 9.17) is 0 Å². The van der Waals surface area contributed by atoms with Gasteiger partial charge >= 0.3 is 0 Å². The van der Waals surface area contributed by atoms with E-state index >= 15 is 0 Å². The number of aromatic nitrogens is 2. The van der Waals surface area contributed by atoms with Crippen LogP contribution in [-0.4, -0.2) is 9.55 Å². The third-order valence-electron chi connectivity index (χ3n) is 2.41. The van der Waals surface area contributed by atoms with Gasteiger partial charge < -0.3 is 9.88 Å². The third kappa shape index (κ3) is 2.44. The summed E-state index contributed by atoms with van der Waals surface area (Å²) >= 11 is 1.76. The molecular formula is C12H17N3S. The Morgan fingerprint density at radius 2 is 2.31 bits per heavy atom. The second-order valence-electron chi connectivity index (χ2n) is 4.14. The predicted molar refractivity (Wildman–Crippen MR) is 69.0 cm³/mol. The minimum Gasteiger partial charge on any atom is -0.351 e. The van der Waals surface area contributed by atoms with Gasteiger partial charge in [-0.3, -0.25) is 0 Å². The molecule has 0 atom stereocenters. The van der Waals surface area contributed by atoms with Crippen molar-refractivity contribution in [1.29, 1.82) is 0 Å². The largest absolute Gasteiger partial charge is 0.351 e. The van der Waals surface area contributed by atoms with E-state index < -0.39 is 0 Å². The number of rotatable bonds is 4. The highest BCUT2D eigenvalue weighted by Crippen LogP contribution is 2.17. The van der Waals surface area contributed by atoms with Crippen LogP contribution in [0.5, 0.6) is 0 Å². The topological polar surface area (TPSA) is 29.9 Å². The monoisotopic (exact) mass is 235 g/mol. The second kappa shape index (κ2) is 4.70. The number of hydrogen-bond acceptors (Lipinski definition) is 3. The van der Waals surface area contributed by atoms with Crippen molar-refractivity contribution in [3.63, 3.8) is 0 Å². The van der Waals surface area contributed by atoms with Crippen LogP contribution in [0.3, 0.4) is 0 Å². The maximum absolute atomic E-state index is 4.49. The zero-order valence-electron chi connectivity index (χ0n) is 9.90. The van der Waals surface area contributed by atoms with Gasteiger partial charge in [0, 0.05) is 17.1 Å². The fourth-order valence-corrected chi connectivity index (χ4v) is 2.26. The standard InChI is InChI=1S/C12H17N3S/c1-9(2)15-8-10(3)14-12(15)13-7-11-5-4-6-16-11/h4-6,8-9H,7H2,1-3H3,(H,13,14). The molecule has 2 aromatic rings. The van der Waals surface area contributed by atoms with Crippen LogP contribution < -0.4 is 5.32 Å². The lowest BCUT2D eigenvalue weighted by atomic mass is 10.4. The van der Waals surface area contributed by atoms with Crippen molar-refractivity contribution in [2.45, 2.75) is 33.4 Å². The van der Waals surface area contributed by atoms with Gasteiger partial charge in [0.25, 0.3) is 0 Å². The molecule has 2 rings (SSSR count). The van der Waals surface area contributed by atoms with Crippen molar-refractivity contribution in [1.82, 2.24) is 9.55 Å². The molecule has 4 heteroatoms. The lowest BCUT2D eigenvalue weighted by Gasteiger charge is -2.11. The average molecular weight is 235 g/mol. The normalized spacial score (nSPS) is 11.0. The van der Waals surface area contributed by atoms with Crippen molar-refractivity contribution in [2.75, 3.05) is 5.32 Å². The Morgan fingerprint density at radius 1 is 1.50 bits per heavy atom. The molecule has 0 unspecified atom stereocenters. The van der Waals surface area contributed by atoms with Crippen LogP contribution in [0.2, 0.25) is 0 Å². The molecule has 3 nitrogen and oxygen atoms in total.